The van der Waals surface area contributed by atoms with E-state index in [4.69, 9.17) is 5.73 Å². The van der Waals surface area contributed by atoms with Crippen molar-refractivity contribution in [3.63, 3.8) is 0 Å². The summed E-state index contributed by atoms with van der Waals surface area (Å²) in [7, 11) is 0. The highest BCUT2D eigenvalue weighted by Crippen LogP contribution is 2.16. The lowest BCUT2D eigenvalue weighted by Crippen LogP contribution is -2.44. The summed E-state index contributed by atoms with van der Waals surface area (Å²) < 4.78 is 0. The molecule has 100 valence electrons. The van der Waals surface area contributed by atoms with E-state index in [1.165, 1.54) is 10.8 Å². The van der Waals surface area contributed by atoms with Crippen molar-refractivity contribution in [3.8, 4) is 0 Å². The summed E-state index contributed by atoms with van der Waals surface area (Å²) in [5, 5.41) is 5.63. The summed E-state index contributed by atoms with van der Waals surface area (Å²) in [6, 6.07) is 14.7. The number of guanidine groups is 1. The van der Waals surface area contributed by atoms with Gasteiger partial charge in [-0.15, -0.1) is 0 Å². The molecule has 0 saturated carbocycles. The zero-order chi connectivity index (χ0) is 13.9. The van der Waals surface area contributed by atoms with Crippen LogP contribution in [0.5, 0.6) is 0 Å². The van der Waals surface area contributed by atoms with E-state index >= 15 is 0 Å². The lowest BCUT2D eigenvalue weighted by atomic mass is 10.1. The van der Waals surface area contributed by atoms with Crippen molar-refractivity contribution in [2.75, 3.05) is 0 Å². The minimum Gasteiger partial charge on any atom is -0.370 e. The molecule has 3 N–H and O–H groups in total. The summed E-state index contributed by atoms with van der Waals surface area (Å²) in [4.78, 5) is 4.37. The number of fused-ring (bicyclic) bond motifs is 1. The highest BCUT2D eigenvalue weighted by atomic mass is 15.1. The second-order valence-corrected chi connectivity index (χ2v) is 5.76. The van der Waals surface area contributed by atoms with Crippen LogP contribution in [0.15, 0.2) is 47.5 Å². The Morgan fingerprint density at radius 3 is 2.47 bits per heavy atom. The number of nitrogens with two attached hydrogens (primary N) is 1. The van der Waals surface area contributed by atoms with Gasteiger partial charge in [0.1, 0.15) is 0 Å². The van der Waals surface area contributed by atoms with Gasteiger partial charge in [0.05, 0.1) is 6.54 Å². The van der Waals surface area contributed by atoms with E-state index in [0.29, 0.717) is 12.5 Å². The molecule has 3 nitrogen and oxygen atoms in total. The lowest BCUT2D eigenvalue weighted by Gasteiger charge is -2.21. The molecule has 0 fully saturated rings. The van der Waals surface area contributed by atoms with Crippen LogP contribution in [0.2, 0.25) is 0 Å². The van der Waals surface area contributed by atoms with Gasteiger partial charge < -0.3 is 11.1 Å². The molecule has 0 spiro atoms. The van der Waals surface area contributed by atoms with Crippen LogP contribution in [0.25, 0.3) is 10.8 Å². The van der Waals surface area contributed by atoms with E-state index in [2.05, 4.69) is 61.4 Å². The monoisotopic (exact) mass is 255 g/mol. The van der Waals surface area contributed by atoms with Gasteiger partial charge in [0.15, 0.2) is 5.96 Å². The summed E-state index contributed by atoms with van der Waals surface area (Å²) in [6.07, 6.45) is 0. The first-order valence-electron chi connectivity index (χ1n) is 6.50. The number of nitrogens with one attached hydrogen (secondary N) is 1. The highest BCUT2D eigenvalue weighted by Gasteiger charge is 2.09. The molecule has 0 amide bonds. The first-order chi connectivity index (χ1) is 8.94. The van der Waals surface area contributed by atoms with Crippen LogP contribution in [0, 0.1) is 0 Å². The summed E-state index contributed by atoms with van der Waals surface area (Å²) in [5.41, 5.74) is 6.96. The number of rotatable bonds is 2. The standard InChI is InChI=1S/C16H21N3/c1-16(2,3)19-15(17)18-11-12-8-9-13-6-4-5-7-14(13)10-12/h4-10H,11H2,1-3H3,(H3,17,18,19). The highest BCUT2D eigenvalue weighted by molar-refractivity contribution is 5.83. The van der Waals surface area contributed by atoms with Gasteiger partial charge in [-0.1, -0.05) is 36.4 Å². The Kier molecular flexibility index (Phi) is 3.74. The van der Waals surface area contributed by atoms with Gasteiger partial charge in [0.2, 0.25) is 0 Å². The first-order valence-corrected chi connectivity index (χ1v) is 6.50. The Morgan fingerprint density at radius 1 is 1.11 bits per heavy atom. The average Bonchev–Trinajstić information content (AvgIpc) is 2.34. The van der Waals surface area contributed by atoms with Crippen molar-refractivity contribution in [2.45, 2.75) is 32.9 Å². The quantitative estimate of drug-likeness (QED) is 0.640. The molecule has 2 rings (SSSR count). The largest absolute Gasteiger partial charge is 0.370 e. The topological polar surface area (TPSA) is 50.4 Å². The van der Waals surface area contributed by atoms with Crippen molar-refractivity contribution >= 4 is 16.7 Å². The van der Waals surface area contributed by atoms with Crippen LogP contribution in [0.3, 0.4) is 0 Å². The van der Waals surface area contributed by atoms with E-state index in [9.17, 15) is 0 Å². The van der Waals surface area contributed by atoms with Crippen molar-refractivity contribution < 1.29 is 0 Å². The molecule has 0 aliphatic rings. The molecule has 2 aromatic rings. The Morgan fingerprint density at radius 2 is 1.79 bits per heavy atom. The maximum atomic E-state index is 5.86. The fourth-order valence-corrected chi connectivity index (χ4v) is 1.94. The molecule has 0 aliphatic carbocycles. The maximum absolute atomic E-state index is 5.86. The van der Waals surface area contributed by atoms with Gasteiger partial charge in [-0.2, -0.15) is 0 Å². The van der Waals surface area contributed by atoms with Gasteiger partial charge >= 0.3 is 0 Å². The Bertz CT molecular complexity index is 594. The molecular formula is C16H21N3. The first kappa shape index (κ1) is 13.4. The molecule has 0 aliphatic heterocycles. The van der Waals surface area contributed by atoms with E-state index in [1.807, 2.05) is 12.1 Å². The minimum absolute atomic E-state index is 0.0586. The summed E-state index contributed by atoms with van der Waals surface area (Å²) in [5.74, 6) is 0.487. The van der Waals surface area contributed by atoms with Gasteiger partial charge in [0, 0.05) is 5.54 Å². The predicted molar refractivity (Wildman–Crippen MR) is 82.2 cm³/mol. The van der Waals surface area contributed by atoms with E-state index < -0.39 is 0 Å². The second kappa shape index (κ2) is 5.31. The molecular weight excluding hydrogens is 234 g/mol. The molecule has 2 aromatic carbocycles. The van der Waals surface area contributed by atoms with E-state index in [1.54, 1.807) is 0 Å². The summed E-state index contributed by atoms with van der Waals surface area (Å²) in [6.45, 7) is 6.78. The molecule has 0 heterocycles. The van der Waals surface area contributed by atoms with E-state index in [0.717, 1.165) is 5.56 Å². The van der Waals surface area contributed by atoms with Gasteiger partial charge in [-0.25, -0.2) is 4.99 Å². The fraction of sp³-hybridized carbons (Fsp3) is 0.312. The zero-order valence-electron chi connectivity index (χ0n) is 11.8. The Hall–Kier alpha value is -2.03. The lowest BCUT2D eigenvalue weighted by molar-refractivity contribution is 0.508. The fourth-order valence-electron chi connectivity index (χ4n) is 1.94. The smallest absolute Gasteiger partial charge is 0.189 e. The van der Waals surface area contributed by atoms with E-state index in [-0.39, 0.29) is 5.54 Å². The molecule has 0 bridgehead atoms. The number of nitrogens with zero attached hydrogens (tertiary/aromatic N) is 1. The second-order valence-electron chi connectivity index (χ2n) is 5.76. The number of hydrogen-bond donors (Lipinski definition) is 2. The van der Waals surface area contributed by atoms with Gasteiger partial charge in [-0.05, 0) is 43.2 Å². The van der Waals surface area contributed by atoms with Crippen LogP contribution >= 0.6 is 0 Å². The predicted octanol–water partition coefficient (Wildman–Crippen LogP) is 3.04. The van der Waals surface area contributed by atoms with Crippen molar-refractivity contribution in [3.05, 3.63) is 48.0 Å². The SMILES string of the molecule is CC(C)(C)NC(N)=NCc1ccc2ccccc2c1. The van der Waals surface area contributed by atoms with Crippen molar-refractivity contribution in [1.29, 1.82) is 0 Å². The van der Waals surface area contributed by atoms with Crippen LogP contribution in [-0.4, -0.2) is 11.5 Å². The Balaban J connectivity index is 2.11. The normalized spacial score (nSPS) is 12.7. The van der Waals surface area contributed by atoms with Gasteiger partial charge in [0.25, 0.3) is 0 Å². The summed E-state index contributed by atoms with van der Waals surface area (Å²) >= 11 is 0. The molecule has 3 heteroatoms. The molecule has 0 unspecified atom stereocenters. The van der Waals surface area contributed by atoms with Crippen LogP contribution in [0.1, 0.15) is 26.3 Å². The molecule has 19 heavy (non-hydrogen) atoms. The van der Waals surface area contributed by atoms with Gasteiger partial charge in [-0.3, -0.25) is 0 Å². The van der Waals surface area contributed by atoms with Crippen molar-refractivity contribution in [2.24, 2.45) is 10.7 Å². The molecule has 0 radical (unpaired) electrons. The van der Waals surface area contributed by atoms with Crippen LogP contribution in [0.4, 0.5) is 0 Å². The molecule has 0 aromatic heterocycles. The number of aliphatic imine (C=N–C) groups is 1. The zero-order valence-corrected chi connectivity index (χ0v) is 11.8. The van der Waals surface area contributed by atoms with Crippen LogP contribution in [-0.2, 0) is 6.54 Å². The third kappa shape index (κ3) is 3.98. The molecule has 0 saturated heterocycles. The third-order valence-corrected chi connectivity index (χ3v) is 2.75. The van der Waals surface area contributed by atoms with Crippen LogP contribution < -0.4 is 11.1 Å². The Labute approximate surface area is 114 Å². The third-order valence-electron chi connectivity index (χ3n) is 2.75. The maximum Gasteiger partial charge on any atom is 0.189 e. The van der Waals surface area contributed by atoms with Crippen molar-refractivity contribution in [1.82, 2.24) is 5.32 Å². The number of hydrogen-bond acceptors (Lipinski definition) is 1. The number of benzene rings is 2. The average molecular weight is 255 g/mol. The minimum atomic E-state index is -0.0586. The molecule has 0 atom stereocenters.